The number of rotatable bonds is 3. The van der Waals surface area contributed by atoms with E-state index in [1.54, 1.807) is 0 Å². The second-order valence-corrected chi connectivity index (χ2v) is 16.7. The maximum absolute atomic E-state index is 2.63. The van der Waals surface area contributed by atoms with Crippen LogP contribution in [-0.4, -0.2) is 9.13 Å². The highest BCUT2D eigenvalue weighted by Crippen LogP contribution is 2.49. The lowest BCUT2D eigenvalue weighted by Gasteiger charge is -2.32. The minimum Gasteiger partial charge on any atom is -0.309 e. The zero-order valence-corrected chi connectivity index (χ0v) is 31.7. The van der Waals surface area contributed by atoms with Crippen molar-refractivity contribution in [3.63, 3.8) is 0 Å². The molecule has 2 aromatic heterocycles. The van der Waals surface area contributed by atoms with E-state index in [4.69, 9.17) is 0 Å². The van der Waals surface area contributed by atoms with Crippen LogP contribution in [0.15, 0.2) is 170 Å². The van der Waals surface area contributed by atoms with Gasteiger partial charge in [-0.3, -0.25) is 0 Å². The monoisotopic (exact) mass is 716 g/mol. The van der Waals surface area contributed by atoms with Gasteiger partial charge in [-0.15, -0.1) is 0 Å². The van der Waals surface area contributed by atoms with Gasteiger partial charge >= 0.3 is 0 Å². The molecule has 56 heavy (non-hydrogen) atoms. The largest absolute Gasteiger partial charge is 0.309 e. The predicted molar refractivity (Wildman–Crippen MR) is 239 cm³/mol. The Morgan fingerprint density at radius 1 is 0.429 bits per heavy atom. The second-order valence-electron chi connectivity index (χ2n) is 16.7. The Bertz CT molecular complexity index is 3360. The SMILES string of the molecule is CC1(C)CCc2ccc3c4c(ccc5c6c7c8ccccc8c8ccccc8c7ccc6n(-c6ccccc6)c54)n(-c4ccccc4-c4ccccc4)c3c2C1. The fourth-order valence-electron chi connectivity index (χ4n) is 10.4. The molecule has 1 aliphatic carbocycles. The van der Waals surface area contributed by atoms with Crippen LogP contribution in [0, 0.1) is 5.41 Å². The van der Waals surface area contributed by atoms with Crippen molar-refractivity contribution < 1.29 is 0 Å². The second kappa shape index (κ2) is 11.7. The van der Waals surface area contributed by atoms with E-state index in [0.29, 0.717) is 0 Å². The molecule has 0 radical (unpaired) electrons. The Balaban J connectivity index is 1.33. The highest BCUT2D eigenvalue weighted by molar-refractivity contribution is 6.37. The quantitative estimate of drug-likeness (QED) is 0.161. The third-order valence-electron chi connectivity index (χ3n) is 12.9. The summed E-state index contributed by atoms with van der Waals surface area (Å²) in [4.78, 5) is 0. The van der Waals surface area contributed by atoms with E-state index in [1.807, 2.05) is 0 Å². The normalized spacial score (nSPS) is 14.2. The molecule has 0 N–H and O–H groups in total. The van der Waals surface area contributed by atoms with Crippen molar-refractivity contribution in [3.8, 4) is 22.5 Å². The summed E-state index contributed by atoms with van der Waals surface area (Å²) in [5.41, 5.74) is 13.2. The summed E-state index contributed by atoms with van der Waals surface area (Å²) in [6, 6.07) is 63.4. The molecule has 0 atom stereocenters. The standard InChI is InChI=1S/C54H40N2/c1-54(2)32-31-35-25-26-44-51-48(56(52(44)45(35)33-54)46-24-14-13-19-37(46)34-15-5-3-6-16-34)30-28-43-50-47(55(53(43)51)36-17-7-4-8-18-36)29-27-42-40-22-10-9-20-38(40)39-21-11-12-23-41(39)49(42)50/h3-30H,31-33H2,1-2H3. The first-order valence-corrected chi connectivity index (χ1v) is 20.0. The van der Waals surface area contributed by atoms with Crippen LogP contribution in [0.5, 0.6) is 0 Å². The first-order chi connectivity index (χ1) is 27.6. The lowest BCUT2D eigenvalue weighted by molar-refractivity contribution is 0.316. The number of para-hydroxylation sites is 2. The number of fused-ring (bicyclic) bond motifs is 16. The zero-order valence-electron chi connectivity index (χ0n) is 31.7. The summed E-state index contributed by atoms with van der Waals surface area (Å²) in [5.74, 6) is 0. The summed E-state index contributed by atoms with van der Waals surface area (Å²) in [7, 11) is 0. The van der Waals surface area contributed by atoms with Crippen molar-refractivity contribution in [1.82, 2.24) is 9.13 Å². The number of hydrogen-bond donors (Lipinski definition) is 0. The van der Waals surface area contributed by atoms with Gasteiger partial charge in [0, 0.05) is 38.2 Å². The van der Waals surface area contributed by atoms with Crippen LogP contribution in [0.25, 0.3) is 98.4 Å². The number of nitrogens with zero attached hydrogens (tertiary/aromatic N) is 2. The molecule has 0 aliphatic heterocycles. The van der Waals surface area contributed by atoms with Crippen molar-refractivity contribution in [3.05, 3.63) is 181 Å². The topological polar surface area (TPSA) is 9.86 Å². The van der Waals surface area contributed by atoms with Gasteiger partial charge in [0.25, 0.3) is 0 Å². The van der Waals surface area contributed by atoms with Crippen molar-refractivity contribution >= 4 is 75.9 Å². The van der Waals surface area contributed by atoms with Crippen molar-refractivity contribution in [2.45, 2.75) is 33.1 Å². The average Bonchev–Trinajstić information content (AvgIpc) is 3.77. The van der Waals surface area contributed by atoms with Gasteiger partial charge in [0.2, 0.25) is 0 Å². The molecule has 12 rings (SSSR count). The summed E-state index contributed by atoms with van der Waals surface area (Å²) in [5, 5.41) is 13.1. The molecular formula is C54H40N2. The molecule has 2 nitrogen and oxygen atoms in total. The van der Waals surface area contributed by atoms with E-state index in [1.165, 1.54) is 116 Å². The van der Waals surface area contributed by atoms with E-state index < -0.39 is 0 Å². The molecule has 1 aliphatic rings. The van der Waals surface area contributed by atoms with Crippen LogP contribution in [0.4, 0.5) is 0 Å². The van der Waals surface area contributed by atoms with Crippen LogP contribution in [0.1, 0.15) is 31.4 Å². The van der Waals surface area contributed by atoms with E-state index in [9.17, 15) is 0 Å². The molecule has 0 saturated heterocycles. The van der Waals surface area contributed by atoms with Crippen LogP contribution in [-0.2, 0) is 12.8 Å². The van der Waals surface area contributed by atoms with Gasteiger partial charge in [-0.2, -0.15) is 0 Å². The fourth-order valence-corrected chi connectivity index (χ4v) is 10.4. The zero-order chi connectivity index (χ0) is 37.1. The Labute approximate surface area is 325 Å². The molecule has 2 heteroatoms. The van der Waals surface area contributed by atoms with Gasteiger partial charge in [0.05, 0.1) is 27.8 Å². The lowest BCUT2D eigenvalue weighted by atomic mass is 9.74. The summed E-state index contributed by atoms with van der Waals surface area (Å²) >= 11 is 0. The highest BCUT2D eigenvalue weighted by Gasteiger charge is 2.31. The van der Waals surface area contributed by atoms with Gasteiger partial charge in [-0.1, -0.05) is 153 Å². The maximum atomic E-state index is 2.63. The van der Waals surface area contributed by atoms with Crippen LogP contribution < -0.4 is 0 Å². The Morgan fingerprint density at radius 3 is 1.73 bits per heavy atom. The molecular weight excluding hydrogens is 677 g/mol. The first kappa shape index (κ1) is 31.7. The van der Waals surface area contributed by atoms with Gasteiger partial charge in [0.1, 0.15) is 0 Å². The Morgan fingerprint density at radius 2 is 0.982 bits per heavy atom. The molecule has 0 fully saturated rings. The molecule has 0 spiro atoms. The number of hydrogen-bond acceptors (Lipinski definition) is 0. The Kier molecular flexibility index (Phi) is 6.61. The molecule has 0 saturated carbocycles. The minimum absolute atomic E-state index is 0.221. The van der Waals surface area contributed by atoms with Crippen LogP contribution >= 0.6 is 0 Å². The lowest BCUT2D eigenvalue weighted by Crippen LogP contribution is -2.22. The minimum atomic E-state index is 0.221. The van der Waals surface area contributed by atoms with Gasteiger partial charge in [-0.25, -0.2) is 0 Å². The molecule has 266 valence electrons. The Hall–Kier alpha value is -6.64. The summed E-state index contributed by atoms with van der Waals surface area (Å²) < 4.78 is 5.19. The number of aromatic nitrogens is 2. The fraction of sp³-hybridized carbons (Fsp3) is 0.111. The first-order valence-electron chi connectivity index (χ1n) is 20.0. The molecule has 0 bridgehead atoms. The number of aryl methyl sites for hydroxylation is 1. The summed E-state index contributed by atoms with van der Waals surface area (Å²) in [6.45, 7) is 4.90. The van der Waals surface area contributed by atoms with Crippen molar-refractivity contribution in [2.24, 2.45) is 5.41 Å². The van der Waals surface area contributed by atoms with E-state index in [2.05, 4.69) is 193 Å². The van der Waals surface area contributed by atoms with Gasteiger partial charge in [-0.05, 0) is 98.6 Å². The van der Waals surface area contributed by atoms with Crippen molar-refractivity contribution in [1.29, 1.82) is 0 Å². The molecule has 0 amide bonds. The summed E-state index contributed by atoms with van der Waals surface area (Å²) in [6.07, 6.45) is 3.36. The van der Waals surface area contributed by atoms with Gasteiger partial charge < -0.3 is 9.13 Å². The van der Waals surface area contributed by atoms with Crippen LogP contribution in [0.2, 0.25) is 0 Å². The number of benzene rings is 9. The van der Waals surface area contributed by atoms with Gasteiger partial charge in [0.15, 0.2) is 0 Å². The predicted octanol–water partition coefficient (Wildman–Crippen LogP) is 14.5. The van der Waals surface area contributed by atoms with Crippen LogP contribution in [0.3, 0.4) is 0 Å². The third-order valence-corrected chi connectivity index (χ3v) is 12.9. The van der Waals surface area contributed by atoms with E-state index in [-0.39, 0.29) is 5.41 Å². The average molecular weight is 717 g/mol. The third kappa shape index (κ3) is 4.38. The molecule has 0 unspecified atom stereocenters. The molecule has 11 aromatic rings. The van der Waals surface area contributed by atoms with E-state index >= 15 is 0 Å². The highest BCUT2D eigenvalue weighted by atomic mass is 15.0. The maximum Gasteiger partial charge on any atom is 0.0641 e. The van der Waals surface area contributed by atoms with Crippen molar-refractivity contribution in [2.75, 3.05) is 0 Å². The molecule has 2 heterocycles. The van der Waals surface area contributed by atoms with E-state index in [0.717, 1.165) is 12.8 Å². The smallest absolute Gasteiger partial charge is 0.0641 e. The molecule has 9 aromatic carbocycles.